The summed E-state index contributed by atoms with van der Waals surface area (Å²) in [6, 6.07) is -0.634. The topological polar surface area (TPSA) is 95.9 Å². The van der Waals surface area contributed by atoms with Crippen molar-refractivity contribution in [2.75, 3.05) is 13.2 Å². The Morgan fingerprint density at radius 1 is 0.415 bits per heavy atom. The minimum atomic E-state index is -0.849. The van der Waals surface area contributed by atoms with Gasteiger partial charge in [0.2, 0.25) is 5.91 Å². The Morgan fingerprint density at radius 3 is 1.09 bits per heavy atom. The normalized spacial score (nSPS) is 12.7. The number of unbranched alkanes of at least 4 members (excludes halogenated alkanes) is 41. The van der Waals surface area contributed by atoms with Crippen LogP contribution in [-0.2, 0) is 14.3 Å². The fraction of sp³-hybridized carbons (Fsp3) is 0.898. The van der Waals surface area contributed by atoms with Gasteiger partial charge in [-0.1, -0.05) is 269 Å². The molecule has 0 aromatic carbocycles. The van der Waals surface area contributed by atoms with Crippen molar-refractivity contribution < 1.29 is 24.5 Å². The second kappa shape index (κ2) is 54.9. The molecule has 0 aromatic heterocycles. The van der Waals surface area contributed by atoms with Gasteiger partial charge in [0.15, 0.2) is 0 Å². The first-order valence-electron chi connectivity index (χ1n) is 29.1. The summed E-state index contributed by atoms with van der Waals surface area (Å²) in [7, 11) is 0. The van der Waals surface area contributed by atoms with Crippen LogP contribution in [0, 0.1) is 0 Å². The molecule has 0 aliphatic heterocycles. The van der Waals surface area contributed by atoms with Crippen LogP contribution < -0.4 is 5.32 Å². The largest absolute Gasteiger partial charge is 0.466 e. The molecule has 6 heteroatoms. The Hall–Kier alpha value is -1.66. The van der Waals surface area contributed by atoms with E-state index in [9.17, 15) is 19.8 Å². The standard InChI is InChI=1S/C59H113NO5/c1-3-5-7-9-11-13-15-17-19-20-21-22-25-29-33-37-41-45-49-53-59(64)65-54-50-46-42-38-34-30-26-23-24-28-32-36-40-44-48-52-58(63)60-56(55-61)57(62)51-47-43-39-35-31-27-18-16-14-12-10-8-6-4-2/h17,19,47,51,56-57,61-62H,3-16,18,20-46,48-50,52-55H2,1-2H3,(H,60,63)/b19-17-,51-47+. The monoisotopic (exact) mass is 916 g/mol. The van der Waals surface area contributed by atoms with E-state index >= 15 is 0 Å². The van der Waals surface area contributed by atoms with Crippen LogP contribution in [0.3, 0.4) is 0 Å². The van der Waals surface area contributed by atoms with Gasteiger partial charge in [0.05, 0.1) is 25.4 Å². The highest BCUT2D eigenvalue weighted by Crippen LogP contribution is 2.17. The van der Waals surface area contributed by atoms with E-state index in [1.165, 1.54) is 238 Å². The average molecular weight is 917 g/mol. The molecule has 6 nitrogen and oxygen atoms in total. The smallest absolute Gasteiger partial charge is 0.305 e. The lowest BCUT2D eigenvalue weighted by Crippen LogP contribution is -2.45. The molecule has 0 spiro atoms. The van der Waals surface area contributed by atoms with Gasteiger partial charge in [-0.3, -0.25) is 9.59 Å². The predicted molar refractivity (Wildman–Crippen MR) is 283 cm³/mol. The van der Waals surface area contributed by atoms with Gasteiger partial charge in [-0.15, -0.1) is 0 Å². The van der Waals surface area contributed by atoms with Gasteiger partial charge in [-0.25, -0.2) is 0 Å². The van der Waals surface area contributed by atoms with Gasteiger partial charge in [-0.2, -0.15) is 0 Å². The second-order valence-electron chi connectivity index (χ2n) is 20.0. The molecule has 0 aromatic rings. The zero-order valence-electron chi connectivity index (χ0n) is 43.7. The van der Waals surface area contributed by atoms with Crippen LogP contribution >= 0.6 is 0 Å². The van der Waals surface area contributed by atoms with Gasteiger partial charge < -0.3 is 20.3 Å². The number of esters is 1. The maximum Gasteiger partial charge on any atom is 0.305 e. The van der Waals surface area contributed by atoms with Gasteiger partial charge in [0, 0.05) is 12.8 Å². The Balaban J connectivity index is 3.43. The molecule has 0 saturated carbocycles. The van der Waals surface area contributed by atoms with E-state index in [-0.39, 0.29) is 18.5 Å². The molecule has 0 saturated heterocycles. The Morgan fingerprint density at radius 2 is 0.723 bits per heavy atom. The van der Waals surface area contributed by atoms with Gasteiger partial charge >= 0.3 is 5.97 Å². The zero-order valence-corrected chi connectivity index (χ0v) is 43.7. The van der Waals surface area contributed by atoms with Gasteiger partial charge in [0.1, 0.15) is 0 Å². The molecule has 0 aliphatic rings. The third-order valence-electron chi connectivity index (χ3n) is 13.5. The molecular weight excluding hydrogens is 803 g/mol. The van der Waals surface area contributed by atoms with E-state index in [0.29, 0.717) is 19.4 Å². The number of aliphatic hydroxyl groups is 2. The molecule has 0 heterocycles. The van der Waals surface area contributed by atoms with Crippen LogP contribution in [0.1, 0.15) is 316 Å². The Kier molecular flexibility index (Phi) is 53.5. The van der Waals surface area contributed by atoms with Crippen molar-refractivity contribution in [1.82, 2.24) is 5.32 Å². The lowest BCUT2D eigenvalue weighted by atomic mass is 10.0. The second-order valence-corrected chi connectivity index (χ2v) is 20.0. The van der Waals surface area contributed by atoms with Crippen LogP contribution in [0.15, 0.2) is 24.3 Å². The molecule has 3 N–H and O–H groups in total. The van der Waals surface area contributed by atoms with Crippen LogP contribution in [0.5, 0.6) is 0 Å². The van der Waals surface area contributed by atoms with Gasteiger partial charge in [-0.05, 0) is 57.8 Å². The Labute approximate surface area is 405 Å². The van der Waals surface area contributed by atoms with E-state index in [2.05, 4.69) is 31.3 Å². The maximum absolute atomic E-state index is 12.4. The van der Waals surface area contributed by atoms with Crippen molar-refractivity contribution in [2.24, 2.45) is 0 Å². The number of carbonyl (C=O) groups is 2. The summed E-state index contributed by atoms with van der Waals surface area (Å²) in [6.07, 6.45) is 66.2. The summed E-state index contributed by atoms with van der Waals surface area (Å²) in [5.41, 5.74) is 0. The van der Waals surface area contributed by atoms with Crippen molar-refractivity contribution in [3.8, 4) is 0 Å². The number of rotatable bonds is 54. The lowest BCUT2D eigenvalue weighted by Gasteiger charge is -2.20. The number of allylic oxidation sites excluding steroid dienone is 3. The number of nitrogens with one attached hydrogen (secondary N) is 1. The molecule has 1 amide bonds. The quantitative estimate of drug-likeness (QED) is 0.0321. The van der Waals surface area contributed by atoms with Gasteiger partial charge in [0.25, 0.3) is 0 Å². The number of hydrogen-bond acceptors (Lipinski definition) is 5. The van der Waals surface area contributed by atoms with Crippen LogP contribution in [0.2, 0.25) is 0 Å². The molecule has 65 heavy (non-hydrogen) atoms. The third-order valence-corrected chi connectivity index (χ3v) is 13.5. The molecule has 0 rings (SSSR count). The van der Waals surface area contributed by atoms with Crippen LogP contribution in [0.25, 0.3) is 0 Å². The minimum Gasteiger partial charge on any atom is -0.466 e. The summed E-state index contributed by atoms with van der Waals surface area (Å²) in [4.78, 5) is 24.5. The molecule has 2 atom stereocenters. The highest BCUT2D eigenvalue weighted by Gasteiger charge is 2.18. The predicted octanol–water partition coefficient (Wildman–Crippen LogP) is 17.9. The lowest BCUT2D eigenvalue weighted by molar-refractivity contribution is -0.143. The van der Waals surface area contributed by atoms with E-state index in [1.54, 1.807) is 6.08 Å². The molecule has 2 unspecified atom stereocenters. The first-order valence-corrected chi connectivity index (χ1v) is 29.1. The van der Waals surface area contributed by atoms with E-state index in [1.807, 2.05) is 6.08 Å². The number of ether oxygens (including phenoxy) is 1. The fourth-order valence-corrected chi connectivity index (χ4v) is 8.98. The third kappa shape index (κ3) is 51.6. The maximum atomic E-state index is 12.4. The molecule has 0 bridgehead atoms. The SMILES string of the molecule is CCCCCCCC/C=C\CCCCCCCCCCCC(=O)OCCCCCCCCCCCCCCCCCC(=O)NC(CO)C(O)/C=C/CCCCCCCCCCCCCC. The summed E-state index contributed by atoms with van der Waals surface area (Å²) >= 11 is 0. The Bertz CT molecular complexity index is 1010. The molecule has 0 radical (unpaired) electrons. The minimum absolute atomic E-state index is 0.000703. The first-order chi connectivity index (χ1) is 32.0. The number of amides is 1. The molecular formula is C59H113NO5. The van der Waals surface area contributed by atoms with Crippen LogP contribution in [-0.4, -0.2) is 47.4 Å². The van der Waals surface area contributed by atoms with Crippen molar-refractivity contribution in [2.45, 2.75) is 328 Å². The fourth-order valence-electron chi connectivity index (χ4n) is 8.98. The molecule has 384 valence electrons. The molecule has 0 fully saturated rings. The number of carbonyl (C=O) groups excluding carboxylic acids is 2. The van der Waals surface area contributed by atoms with Crippen molar-refractivity contribution in [3.05, 3.63) is 24.3 Å². The highest BCUT2D eigenvalue weighted by atomic mass is 16.5. The average Bonchev–Trinajstić information content (AvgIpc) is 3.31. The van der Waals surface area contributed by atoms with Crippen molar-refractivity contribution in [3.63, 3.8) is 0 Å². The summed E-state index contributed by atoms with van der Waals surface area (Å²) in [5, 5.41) is 23.1. The van der Waals surface area contributed by atoms with Crippen molar-refractivity contribution >= 4 is 11.9 Å². The van der Waals surface area contributed by atoms with Crippen molar-refractivity contribution in [1.29, 1.82) is 0 Å². The first kappa shape index (κ1) is 63.3. The number of aliphatic hydroxyl groups excluding tert-OH is 2. The summed E-state index contributed by atoms with van der Waals surface area (Å²) in [6.45, 7) is 4.89. The summed E-state index contributed by atoms with van der Waals surface area (Å²) in [5.74, 6) is -0.0763. The van der Waals surface area contributed by atoms with Crippen LogP contribution in [0.4, 0.5) is 0 Å². The molecule has 0 aliphatic carbocycles. The van der Waals surface area contributed by atoms with E-state index < -0.39 is 12.1 Å². The highest BCUT2D eigenvalue weighted by molar-refractivity contribution is 5.76. The van der Waals surface area contributed by atoms with E-state index in [0.717, 1.165) is 51.4 Å². The zero-order chi connectivity index (χ0) is 47.2. The van der Waals surface area contributed by atoms with E-state index in [4.69, 9.17) is 4.74 Å². The summed E-state index contributed by atoms with van der Waals surface area (Å²) < 4.78 is 5.49. The number of hydrogen-bond donors (Lipinski definition) is 3.